The number of H-pyrrole nitrogens is 1. The fourth-order valence-electron chi connectivity index (χ4n) is 4.08. The van der Waals surface area contributed by atoms with Crippen LogP contribution in [0, 0.1) is 0 Å². The average Bonchev–Trinajstić information content (AvgIpc) is 3.09. The van der Waals surface area contributed by atoms with Crippen molar-refractivity contribution in [2.24, 2.45) is 0 Å². The van der Waals surface area contributed by atoms with Crippen molar-refractivity contribution in [2.45, 2.75) is 45.3 Å². The van der Waals surface area contributed by atoms with Gasteiger partial charge in [0, 0.05) is 37.4 Å². The van der Waals surface area contributed by atoms with Crippen molar-refractivity contribution in [3.8, 4) is 0 Å². The Balaban J connectivity index is 0.00000171. The number of nitrogens with zero attached hydrogens (tertiary/aromatic N) is 4. The number of halogens is 3. The molecule has 3 N–H and O–H groups in total. The maximum Gasteiger partial charge on any atom is 0.280 e. The second-order valence-corrected chi connectivity index (χ2v) is 7.95. The normalized spacial score (nSPS) is 18.3. The summed E-state index contributed by atoms with van der Waals surface area (Å²) in [6.45, 7) is 8.58. The van der Waals surface area contributed by atoms with Crippen LogP contribution in [0.4, 0.5) is 11.6 Å². The number of benzene rings is 1. The van der Waals surface area contributed by atoms with Crippen LogP contribution in [-0.4, -0.2) is 56.1 Å². The Bertz CT molecular complexity index is 1000. The van der Waals surface area contributed by atoms with E-state index in [1.54, 1.807) is 6.33 Å². The van der Waals surface area contributed by atoms with Gasteiger partial charge < -0.3 is 20.1 Å². The predicted molar refractivity (Wildman–Crippen MR) is 137 cm³/mol. The maximum absolute atomic E-state index is 12.4. The van der Waals surface area contributed by atoms with Crippen LogP contribution in [0.5, 0.6) is 0 Å². The van der Waals surface area contributed by atoms with E-state index in [4.69, 9.17) is 0 Å². The molecule has 3 heterocycles. The molecule has 0 radical (unpaired) electrons. The summed E-state index contributed by atoms with van der Waals surface area (Å²) in [5.74, 6) is 0.430. The Labute approximate surface area is 206 Å². The summed E-state index contributed by atoms with van der Waals surface area (Å²) in [5.41, 5.74) is 1.65. The number of aryl methyl sites for hydroxylation is 1. The topological polar surface area (TPSA) is 90.9 Å². The molecule has 1 aliphatic heterocycles. The minimum absolute atomic E-state index is 0. The van der Waals surface area contributed by atoms with Gasteiger partial charge in [0.25, 0.3) is 5.56 Å². The van der Waals surface area contributed by atoms with Crippen LogP contribution in [0.1, 0.15) is 26.7 Å². The molecule has 4 rings (SSSR count). The Kier molecular flexibility index (Phi) is 11.5. The Morgan fingerprint density at radius 1 is 1.03 bits per heavy atom. The summed E-state index contributed by atoms with van der Waals surface area (Å²) < 4.78 is 1.98. The molecule has 1 aliphatic rings. The summed E-state index contributed by atoms with van der Waals surface area (Å²) in [4.78, 5) is 26.5. The highest BCUT2D eigenvalue weighted by atomic mass is 35.5. The lowest BCUT2D eigenvalue weighted by atomic mass is 10.1. The van der Waals surface area contributed by atoms with E-state index < -0.39 is 0 Å². The minimum atomic E-state index is -0.226. The van der Waals surface area contributed by atoms with Crippen molar-refractivity contribution in [1.29, 1.82) is 0 Å². The van der Waals surface area contributed by atoms with Gasteiger partial charge in [0.1, 0.15) is 0 Å². The van der Waals surface area contributed by atoms with Crippen LogP contribution >= 0.6 is 37.2 Å². The fraction of sp³-hybridized carbons (Fsp3) is 0.476. The number of para-hydroxylation sites is 1. The summed E-state index contributed by atoms with van der Waals surface area (Å²) >= 11 is 0. The Morgan fingerprint density at radius 3 is 2.38 bits per heavy atom. The maximum atomic E-state index is 12.4. The van der Waals surface area contributed by atoms with Crippen molar-refractivity contribution >= 4 is 60.0 Å². The largest absolute Gasteiger partial charge is 0.326 e. The van der Waals surface area contributed by atoms with Crippen LogP contribution < -0.4 is 16.2 Å². The molecule has 178 valence electrons. The van der Waals surface area contributed by atoms with Gasteiger partial charge in [-0.05, 0) is 45.4 Å². The highest BCUT2D eigenvalue weighted by Gasteiger charge is 2.20. The number of hydrogen-bond acceptors (Lipinski definition) is 6. The van der Waals surface area contributed by atoms with Crippen LogP contribution in [0.2, 0.25) is 0 Å². The molecule has 8 nitrogen and oxygen atoms in total. The average molecular weight is 505 g/mol. The number of aromatic amines is 1. The number of piperazine rings is 1. The first kappa shape index (κ1) is 28.2. The van der Waals surface area contributed by atoms with Crippen molar-refractivity contribution in [3.05, 3.63) is 47.0 Å². The van der Waals surface area contributed by atoms with Gasteiger partial charge in [0.05, 0.1) is 6.33 Å². The van der Waals surface area contributed by atoms with Gasteiger partial charge >= 0.3 is 0 Å². The van der Waals surface area contributed by atoms with E-state index in [0.29, 0.717) is 29.2 Å². The van der Waals surface area contributed by atoms with Gasteiger partial charge in [-0.2, -0.15) is 4.98 Å². The number of anilines is 2. The van der Waals surface area contributed by atoms with E-state index in [1.807, 2.05) is 34.9 Å². The molecule has 0 spiro atoms. The van der Waals surface area contributed by atoms with E-state index in [2.05, 4.69) is 44.3 Å². The molecule has 11 heteroatoms. The smallest absolute Gasteiger partial charge is 0.280 e. The molecule has 1 saturated heterocycles. The van der Waals surface area contributed by atoms with Gasteiger partial charge in [-0.3, -0.25) is 9.78 Å². The molecule has 1 fully saturated rings. The molecule has 1 aromatic carbocycles. The van der Waals surface area contributed by atoms with E-state index in [-0.39, 0.29) is 42.8 Å². The van der Waals surface area contributed by atoms with E-state index >= 15 is 0 Å². The quantitative estimate of drug-likeness (QED) is 0.426. The van der Waals surface area contributed by atoms with Crippen LogP contribution in [-0.2, 0) is 6.54 Å². The first-order valence-electron chi connectivity index (χ1n) is 10.3. The van der Waals surface area contributed by atoms with Crippen molar-refractivity contribution in [1.82, 2.24) is 29.7 Å². The van der Waals surface area contributed by atoms with Crippen molar-refractivity contribution in [3.63, 3.8) is 0 Å². The molecule has 2 aromatic heterocycles. The zero-order valence-electron chi connectivity index (χ0n) is 18.3. The predicted octanol–water partition coefficient (Wildman–Crippen LogP) is 3.59. The molecular formula is C21H32Cl3N7O. The number of hydrogen-bond donors (Lipinski definition) is 3. The molecule has 2 atom stereocenters. The minimum Gasteiger partial charge on any atom is -0.326 e. The van der Waals surface area contributed by atoms with Gasteiger partial charge in [0.15, 0.2) is 11.2 Å². The molecular weight excluding hydrogens is 473 g/mol. The summed E-state index contributed by atoms with van der Waals surface area (Å²) in [5, 5.41) is 6.72. The fourth-order valence-corrected chi connectivity index (χ4v) is 4.08. The number of unbranched alkanes of at least 4 members (excludes halogenated alkanes) is 1. The highest BCUT2D eigenvalue weighted by Crippen LogP contribution is 2.14. The number of imidazole rings is 1. The highest BCUT2D eigenvalue weighted by molar-refractivity contribution is 5.86. The van der Waals surface area contributed by atoms with Gasteiger partial charge in [-0.15, -0.1) is 37.2 Å². The summed E-state index contributed by atoms with van der Waals surface area (Å²) in [6.07, 6.45) is 3.85. The lowest BCUT2D eigenvalue weighted by Crippen LogP contribution is -2.54. The monoisotopic (exact) mass is 503 g/mol. The SMILES string of the molecule is CC1CN(CCCCn2cnc3c(=O)[nH]c(Nc4ccccc4)nc32)CC(C)N1.Cl.Cl.Cl. The number of aromatic nitrogens is 4. The zero-order chi connectivity index (χ0) is 20.2. The van der Waals surface area contributed by atoms with Gasteiger partial charge in [0.2, 0.25) is 5.95 Å². The Hall–Kier alpha value is -1.84. The molecule has 0 aliphatic carbocycles. The van der Waals surface area contributed by atoms with Gasteiger partial charge in [-0.25, -0.2) is 4.98 Å². The third kappa shape index (κ3) is 7.08. The first-order chi connectivity index (χ1) is 14.1. The zero-order valence-corrected chi connectivity index (χ0v) is 20.7. The molecule has 32 heavy (non-hydrogen) atoms. The Morgan fingerprint density at radius 2 is 1.69 bits per heavy atom. The third-order valence-electron chi connectivity index (χ3n) is 5.27. The second-order valence-electron chi connectivity index (χ2n) is 7.95. The van der Waals surface area contributed by atoms with Crippen molar-refractivity contribution in [2.75, 3.05) is 25.0 Å². The van der Waals surface area contributed by atoms with Gasteiger partial charge in [-0.1, -0.05) is 18.2 Å². The molecule has 2 unspecified atom stereocenters. The number of fused-ring (bicyclic) bond motifs is 1. The molecule has 3 aromatic rings. The second kappa shape index (κ2) is 13.0. The standard InChI is InChI=1S/C21H29N7O.3ClH/c1-15-12-27(13-16(2)23-15)10-6-7-11-28-14-22-18-19(28)25-21(26-20(18)29)24-17-8-4-3-5-9-17;;;/h3-5,8-9,14-16,23H,6-7,10-13H2,1-2H3,(H2,24,25,26,29);3*1H. The molecule has 0 amide bonds. The van der Waals surface area contributed by atoms with Crippen LogP contribution in [0.25, 0.3) is 11.2 Å². The summed E-state index contributed by atoms with van der Waals surface area (Å²) in [6, 6.07) is 10.8. The molecule has 0 bridgehead atoms. The first-order valence-corrected chi connectivity index (χ1v) is 10.3. The number of rotatable bonds is 7. The summed E-state index contributed by atoms with van der Waals surface area (Å²) in [7, 11) is 0. The van der Waals surface area contributed by atoms with E-state index in [9.17, 15) is 4.79 Å². The third-order valence-corrected chi connectivity index (χ3v) is 5.27. The van der Waals surface area contributed by atoms with Crippen LogP contribution in [0.3, 0.4) is 0 Å². The van der Waals surface area contributed by atoms with E-state index in [1.165, 1.54) is 0 Å². The lowest BCUT2D eigenvalue weighted by molar-refractivity contribution is 0.170. The van der Waals surface area contributed by atoms with Crippen LogP contribution in [0.15, 0.2) is 41.5 Å². The molecule has 0 saturated carbocycles. The lowest BCUT2D eigenvalue weighted by Gasteiger charge is -2.36. The van der Waals surface area contributed by atoms with E-state index in [0.717, 1.165) is 44.7 Å². The van der Waals surface area contributed by atoms with Crippen molar-refractivity contribution < 1.29 is 0 Å². The number of nitrogens with one attached hydrogen (secondary N) is 3.